The second kappa shape index (κ2) is 9.45. The van der Waals surface area contributed by atoms with Crippen LogP contribution >= 0.6 is 22.9 Å². The van der Waals surface area contributed by atoms with Crippen LogP contribution in [0.2, 0.25) is 5.02 Å². The van der Waals surface area contributed by atoms with Gasteiger partial charge in [0.2, 0.25) is 0 Å². The lowest BCUT2D eigenvalue weighted by atomic mass is 9.93. The van der Waals surface area contributed by atoms with E-state index in [9.17, 15) is 14.7 Å². The maximum Gasteiger partial charge on any atom is 0.301 e. The van der Waals surface area contributed by atoms with Crippen molar-refractivity contribution >= 4 is 55.7 Å². The van der Waals surface area contributed by atoms with Crippen LogP contribution in [0.4, 0.5) is 5.13 Å². The summed E-state index contributed by atoms with van der Waals surface area (Å²) in [5, 5.41) is 12.4. The van der Waals surface area contributed by atoms with Gasteiger partial charge in [0, 0.05) is 10.6 Å². The topological polar surface area (TPSA) is 89.0 Å². The van der Waals surface area contributed by atoms with E-state index in [1.54, 1.807) is 36.4 Å². The number of benzene rings is 3. The molecule has 6 rings (SSSR count). The molecular formula is C29H23ClN2O5S. The van der Waals surface area contributed by atoms with Crippen LogP contribution in [0, 0.1) is 0 Å². The summed E-state index contributed by atoms with van der Waals surface area (Å²) < 4.78 is 12.0. The number of halogens is 1. The van der Waals surface area contributed by atoms with Gasteiger partial charge in [-0.25, -0.2) is 4.98 Å². The number of carbonyl (C=O) groups is 2. The van der Waals surface area contributed by atoms with Crippen LogP contribution in [-0.2, 0) is 9.59 Å². The highest BCUT2D eigenvalue weighted by molar-refractivity contribution is 7.22. The Kier molecular flexibility index (Phi) is 6.08. The number of hydrogen-bond acceptors (Lipinski definition) is 7. The minimum Gasteiger partial charge on any atom is -0.507 e. The molecule has 192 valence electrons. The van der Waals surface area contributed by atoms with Gasteiger partial charge in [0.25, 0.3) is 5.78 Å². The van der Waals surface area contributed by atoms with E-state index in [1.807, 2.05) is 24.3 Å². The van der Waals surface area contributed by atoms with Crippen LogP contribution < -0.4 is 14.4 Å². The quantitative estimate of drug-likeness (QED) is 0.179. The average Bonchev–Trinajstić information content (AvgIpc) is 3.45. The van der Waals surface area contributed by atoms with Gasteiger partial charge in [-0.3, -0.25) is 14.5 Å². The van der Waals surface area contributed by atoms with E-state index in [4.69, 9.17) is 21.1 Å². The second-order valence-electron chi connectivity index (χ2n) is 9.46. The Morgan fingerprint density at radius 2 is 1.76 bits per heavy atom. The summed E-state index contributed by atoms with van der Waals surface area (Å²) >= 11 is 7.44. The van der Waals surface area contributed by atoms with Crippen LogP contribution in [0.3, 0.4) is 0 Å². The molecule has 7 nitrogen and oxygen atoms in total. The summed E-state index contributed by atoms with van der Waals surface area (Å²) in [5.74, 6) is -0.496. The van der Waals surface area contributed by atoms with Gasteiger partial charge >= 0.3 is 5.91 Å². The number of Topliss-reactive ketones (excluding diaryl/α,β-unsaturated/α-hetero) is 1. The summed E-state index contributed by atoms with van der Waals surface area (Å²) in [6.07, 6.45) is 0. The predicted octanol–water partition coefficient (Wildman–Crippen LogP) is 6.47. The number of aromatic nitrogens is 1. The molecule has 0 bridgehead atoms. The molecule has 1 N–H and O–H groups in total. The Balaban J connectivity index is 1.53. The Hall–Kier alpha value is -3.88. The van der Waals surface area contributed by atoms with Gasteiger partial charge in [-0.05, 0) is 53.4 Å². The Bertz CT molecular complexity index is 1630. The van der Waals surface area contributed by atoms with E-state index >= 15 is 0 Å². The molecule has 1 aromatic heterocycles. The number of fused-ring (bicyclic) bond motifs is 2. The number of ketones is 1. The highest BCUT2D eigenvalue weighted by atomic mass is 35.5. The molecule has 0 saturated carbocycles. The fourth-order valence-corrected chi connectivity index (χ4v) is 6.01. The molecule has 2 aliphatic rings. The average molecular weight is 547 g/mol. The van der Waals surface area contributed by atoms with Gasteiger partial charge in [-0.15, -0.1) is 0 Å². The van der Waals surface area contributed by atoms with E-state index in [-0.39, 0.29) is 11.3 Å². The normalized spacial score (nSPS) is 18.5. The van der Waals surface area contributed by atoms with E-state index in [2.05, 4.69) is 18.8 Å². The van der Waals surface area contributed by atoms with Crippen molar-refractivity contribution in [2.24, 2.45) is 0 Å². The minimum atomic E-state index is -0.875. The number of ether oxygens (including phenoxy) is 2. The molecule has 3 aromatic carbocycles. The van der Waals surface area contributed by atoms with Gasteiger partial charge in [-0.2, -0.15) is 0 Å². The van der Waals surface area contributed by atoms with Crippen molar-refractivity contribution in [3.05, 3.63) is 87.9 Å². The summed E-state index contributed by atoms with van der Waals surface area (Å²) in [7, 11) is 0. The first-order valence-electron chi connectivity index (χ1n) is 12.2. The molecule has 1 saturated heterocycles. The summed E-state index contributed by atoms with van der Waals surface area (Å²) in [5.41, 5.74) is 2.81. The summed E-state index contributed by atoms with van der Waals surface area (Å²) in [4.78, 5) is 33.0. The lowest BCUT2D eigenvalue weighted by Crippen LogP contribution is -2.29. The van der Waals surface area contributed by atoms with E-state index in [1.165, 1.54) is 16.2 Å². The zero-order valence-electron chi connectivity index (χ0n) is 20.6. The maximum absolute atomic E-state index is 13.5. The number of anilines is 1. The molecule has 1 fully saturated rings. The van der Waals surface area contributed by atoms with Crippen molar-refractivity contribution in [2.75, 3.05) is 18.1 Å². The molecule has 0 aliphatic carbocycles. The number of nitrogens with zero attached hydrogens (tertiary/aromatic N) is 2. The van der Waals surface area contributed by atoms with Crippen molar-refractivity contribution < 1.29 is 24.2 Å². The number of rotatable bonds is 4. The van der Waals surface area contributed by atoms with Crippen LogP contribution in [0.5, 0.6) is 11.5 Å². The summed E-state index contributed by atoms with van der Waals surface area (Å²) in [6.45, 7) is 5.00. The first-order chi connectivity index (χ1) is 18.3. The van der Waals surface area contributed by atoms with Crippen molar-refractivity contribution in [3.8, 4) is 11.5 Å². The van der Waals surface area contributed by atoms with Crippen molar-refractivity contribution in [1.82, 2.24) is 4.98 Å². The van der Waals surface area contributed by atoms with E-state index in [0.29, 0.717) is 57.4 Å². The third-order valence-corrected chi connectivity index (χ3v) is 7.98. The lowest BCUT2D eigenvalue weighted by molar-refractivity contribution is -0.132. The molecule has 1 unspecified atom stereocenters. The Morgan fingerprint density at radius 3 is 2.50 bits per heavy atom. The number of aliphatic hydroxyl groups is 1. The van der Waals surface area contributed by atoms with E-state index in [0.717, 1.165) is 10.3 Å². The molecule has 1 atom stereocenters. The highest BCUT2D eigenvalue weighted by Crippen LogP contribution is 2.45. The lowest BCUT2D eigenvalue weighted by Gasteiger charge is -2.23. The van der Waals surface area contributed by atoms with Crippen LogP contribution in [0.25, 0.3) is 16.0 Å². The molecule has 38 heavy (non-hydrogen) atoms. The SMILES string of the molecule is CC(C)c1ccc(C2/C(=C(\O)c3ccc4c(c3)OCCO4)C(=O)C(=O)N2c2nc3ccc(Cl)cc3s2)cc1. The van der Waals surface area contributed by atoms with Crippen LogP contribution in [0.1, 0.15) is 42.5 Å². The van der Waals surface area contributed by atoms with Gasteiger partial charge in [-0.1, -0.05) is 61.1 Å². The highest BCUT2D eigenvalue weighted by Gasteiger charge is 2.48. The van der Waals surface area contributed by atoms with Crippen LogP contribution in [-0.4, -0.2) is 35.0 Å². The van der Waals surface area contributed by atoms with Crippen molar-refractivity contribution in [2.45, 2.75) is 25.8 Å². The minimum absolute atomic E-state index is 0.0127. The largest absolute Gasteiger partial charge is 0.507 e. The van der Waals surface area contributed by atoms with Crippen molar-refractivity contribution in [3.63, 3.8) is 0 Å². The number of aliphatic hydroxyl groups excluding tert-OH is 1. The number of hydrogen-bond donors (Lipinski definition) is 1. The molecule has 1 amide bonds. The fourth-order valence-electron chi connectivity index (χ4n) is 4.74. The van der Waals surface area contributed by atoms with Gasteiger partial charge in [0.15, 0.2) is 16.6 Å². The first kappa shape index (κ1) is 24.5. The summed E-state index contributed by atoms with van der Waals surface area (Å²) in [6, 6.07) is 17.1. The zero-order valence-corrected chi connectivity index (χ0v) is 22.2. The second-order valence-corrected chi connectivity index (χ2v) is 10.9. The van der Waals surface area contributed by atoms with Crippen LogP contribution in [0.15, 0.2) is 66.2 Å². The molecule has 4 aromatic rings. The first-order valence-corrected chi connectivity index (χ1v) is 13.4. The smallest absolute Gasteiger partial charge is 0.301 e. The monoisotopic (exact) mass is 546 g/mol. The van der Waals surface area contributed by atoms with Crippen molar-refractivity contribution in [1.29, 1.82) is 0 Å². The number of thiazole rings is 1. The molecule has 9 heteroatoms. The fraction of sp³-hybridized carbons (Fsp3) is 0.207. The maximum atomic E-state index is 13.5. The van der Waals surface area contributed by atoms with Gasteiger partial charge in [0.05, 0.1) is 21.8 Å². The Morgan fingerprint density at radius 1 is 1.03 bits per heavy atom. The zero-order chi connectivity index (χ0) is 26.6. The number of carbonyl (C=O) groups excluding carboxylic acids is 2. The third-order valence-electron chi connectivity index (χ3n) is 6.72. The molecule has 2 aliphatic heterocycles. The third kappa shape index (κ3) is 4.10. The number of amides is 1. The molecular weight excluding hydrogens is 524 g/mol. The Labute approximate surface area is 227 Å². The van der Waals surface area contributed by atoms with Gasteiger partial charge < -0.3 is 14.6 Å². The standard InChI is InChI=1S/C29H23ClN2O5S/c1-15(2)16-3-5-17(6-4-16)25-24(26(33)18-7-10-21-22(13-18)37-12-11-36-21)27(34)28(35)32(25)29-31-20-9-8-19(30)14-23(20)38-29/h3-10,13-15,25,33H,11-12H2,1-2H3/b26-24+. The predicted molar refractivity (Wildman–Crippen MR) is 147 cm³/mol. The van der Waals surface area contributed by atoms with Gasteiger partial charge in [0.1, 0.15) is 19.0 Å². The molecule has 3 heterocycles. The molecule has 0 radical (unpaired) electrons. The van der Waals surface area contributed by atoms with E-state index < -0.39 is 17.7 Å². The molecule has 0 spiro atoms.